The van der Waals surface area contributed by atoms with E-state index in [0.717, 1.165) is 18.1 Å². The summed E-state index contributed by atoms with van der Waals surface area (Å²) in [6.07, 6.45) is 1.75. The van der Waals surface area contributed by atoms with Crippen LogP contribution in [0.25, 0.3) is 11.1 Å². The highest BCUT2D eigenvalue weighted by Gasteiger charge is 2.22. The van der Waals surface area contributed by atoms with E-state index in [4.69, 9.17) is 23.2 Å². The Morgan fingerprint density at radius 1 is 0.930 bits per heavy atom. The number of nitrogens with one attached hydrogen (secondary N) is 2. The Bertz CT molecular complexity index is 1570. The lowest BCUT2D eigenvalue weighted by Gasteiger charge is -2.23. The summed E-state index contributed by atoms with van der Waals surface area (Å²) in [6, 6.07) is 18.9. The smallest absolute Gasteiger partial charge is 0.264 e. The number of sulfonamides is 1. The number of benzene rings is 3. The maximum atomic E-state index is 12.9. The van der Waals surface area contributed by atoms with Gasteiger partial charge in [0, 0.05) is 65.8 Å². The number of thiol groups is 1. The Morgan fingerprint density at radius 3 is 2.35 bits per heavy atom. The van der Waals surface area contributed by atoms with Gasteiger partial charge in [-0.15, -0.1) is 0 Å². The van der Waals surface area contributed by atoms with Gasteiger partial charge in [-0.2, -0.15) is 12.6 Å². The Balaban J connectivity index is 1.67. The topological polar surface area (TPSA) is 113 Å². The Morgan fingerprint density at radius 2 is 1.67 bits per heavy atom. The van der Waals surface area contributed by atoms with Gasteiger partial charge in [0.25, 0.3) is 10.0 Å². The number of halogens is 2. The lowest BCUT2D eigenvalue weighted by atomic mass is 10.0. The number of nitrogens with zero attached hydrogens (tertiary/aromatic N) is 1. The molecule has 0 radical (unpaired) electrons. The Labute approximate surface area is 268 Å². The summed E-state index contributed by atoms with van der Waals surface area (Å²) >= 11 is 17.2. The van der Waals surface area contributed by atoms with Crippen molar-refractivity contribution in [3.63, 3.8) is 0 Å². The summed E-state index contributed by atoms with van der Waals surface area (Å²) in [5, 5.41) is 3.72. The molecule has 0 saturated carbocycles. The van der Waals surface area contributed by atoms with Gasteiger partial charge in [0.2, 0.25) is 17.7 Å². The third-order valence-electron chi connectivity index (χ3n) is 6.47. The van der Waals surface area contributed by atoms with E-state index in [0.29, 0.717) is 42.0 Å². The average molecular weight is 665 g/mol. The molecule has 0 aliphatic carbocycles. The minimum atomic E-state index is -4.10. The molecule has 0 unspecified atom stereocenters. The van der Waals surface area contributed by atoms with Crippen molar-refractivity contribution in [2.45, 2.75) is 56.2 Å². The largest absolute Gasteiger partial charge is 0.355 e. The van der Waals surface area contributed by atoms with Gasteiger partial charge in [0.1, 0.15) is 0 Å². The molecule has 0 saturated heterocycles. The molecule has 2 N–H and O–H groups in total. The number of carbonyl (C=O) groups excluding carboxylic acids is 3. The van der Waals surface area contributed by atoms with Gasteiger partial charge in [-0.05, 0) is 48.2 Å². The molecule has 0 heterocycles. The maximum absolute atomic E-state index is 12.9. The molecule has 3 rings (SSSR count). The highest BCUT2D eigenvalue weighted by atomic mass is 35.5. The van der Waals surface area contributed by atoms with Crippen molar-refractivity contribution in [3.8, 4) is 11.1 Å². The first-order chi connectivity index (χ1) is 20.4. The predicted octanol–water partition coefficient (Wildman–Crippen LogP) is 5.66. The van der Waals surface area contributed by atoms with Crippen LogP contribution in [-0.2, 0) is 37.4 Å². The van der Waals surface area contributed by atoms with E-state index in [2.05, 4.69) is 17.9 Å². The fourth-order valence-electron chi connectivity index (χ4n) is 4.49. The van der Waals surface area contributed by atoms with Gasteiger partial charge >= 0.3 is 0 Å². The fraction of sp³-hybridized carbons (Fsp3) is 0.323. The van der Waals surface area contributed by atoms with Crippen molar-refractivity contribution >= 4 is 63.6 Å². The van der Waals surface area contributed by atoms with Crippen LogP contribution in [0.5, 0.6) is 0 Å². The molecule has 0 aromatic heterocycles. The number of hydrogen-bond acceptors (Lipinski definition) is 6. The van der Waals surface area contributed by atoms with Crippen molar-refractivity contribution < 1.29 is 22.8 Å². The minimum absolute atomic E-state index is 0.0818. The van der Waals surface area contributed by atoms with Gasteiger partial charge in [-0.3, -0.25) is 14.4 Å². The summed E-state index contributed by atoms with van der Waals surface area (Å²) in [5.74, 6) is -0.982. The molecular formula is C31H35Cl2N3O5S2. The molecule has 0 fully saturated rings. The standard InChI is InChI=1S/C31H35Cl2N3O5S2/c1-3-7-31(39)36(15-14-30(38)34-19-25(42)17-22-8-6-9-24(32)16-22)20-23-12-13-26(28(33)18-23)27-10-4-5-11-29(27)43(40,41)35-21(2)37/h4-6,8-13,16,18,25,42H,3,7,14-15,17,19-20H2,1-2H3,(H,34,38)(H,35,37)/t25-/m0/s1. The first-order valence-corrected chi connectivity index (χ1v) is 16.5. The number of rotatable bonds is 14. The second-order valence-corrected chi connectivity index (χ2v) is 13.3. The normalized spacial score (nSPS) is 11.9. The van der Waals surface area contributed by atoms with E-state index in [-0.39, 0.29) is 46.5 Å². The number of hydrogen-bond donors (Lipinski definition) is 3. The molecule has 230 valence electrons. The minimum Gasteiger partial charge on any atom is -0.355 e. The molecule has 3 aromatic carbocycles. The van der Waals surface area contributed by atoms with Crippen molar-refractivity contribution in [1.29, 1.82) is 0 Å². The summed E-state index contributed by atoms with van der Waals surface area (Å²) in [4.78, 5) is 38.5. The van der Waals surface area contributed by atoms with Crippen LogP contribution in [0.1, 0.15) is 44.2 Å². The predicted molar refractivity (Wildman–Crippen MR) is 174 cm³/mol. The third-order valence-corrected chi connectivity index (χ3v) is 8.88. The van der Waals surface area contributed by atoms with Crippen LogP contribution >= 0.6 is 35.8 Å². The van der Waals surface area contributed by atoms with Crippen LogP contribution in [0.3, 0.4) is 0 Å². The summed E-state index contributed by atoms with van der Waals surface area (Å²) in [6.45, 7) is 3.84. The van der Waals surface area contributed by atoms with Gasteiger partial charge in [0.15, 0.2) is 0 Å². The zero-order valence-corrected chi connectivity index (χ0v) is 27.2. The summed E-state index contributed by atoms with van der Waals surface area (Å²) < 4.78 is 27.5. The number of amides is 3. The van der Waals surface area contributed by atoms with E-state index < -0.39 is 15.9 Å². The lowest BCUT2D eigenvalue weighted by molar-refractivity contribution is -0.132. The summed E-state index contributed by atoms with van der Waals surface area (Å²) in [7, 11) is -4.10. The average Bonchev–Trinajstić information content (AvgIpc) is 2.93. The highest BCUT2D eigenvalue weighted by Crippen LogP contribution is 2.33. The molecule has 0 aliphatic heterocycles. The molecule has 3 aromatic rings. The Kier molecular flexibility index (Phi) is 12.9. The van der Waals surface area contributed by atoms with E-state index in [1.165, 1.54) is 6.07 Å². The first-order valence-electron chi connectivity index (χ1n) is 13.8. The monoisotopic (exact) mass is 663 g/mol. The van der Waals surface area contributed by atoms with Crippen molar-refractivity contribution in [3.05, 3.63) is 87.9 Å². The quantitative estimate of drug-likeness (QED) is 0.193. The van der Waals surface area contributed by atoms with Gasteiger partial charge in [-0.1, -0.05) is 72.6 Å². The number of carbonyl (C=O) groups is 3. The molecule has 0 bridgehead atoms. The van der Waals surface area contributed by atoms with Crippen LogP contribution in [0, 0.1) is 0 Å². The molecule has 1 atom stereocenters. The molecular weight excluding hydrogens is 629 g/mol. The molecule has 12 heteroatoms. The fourth-order valence-corrected chi connectivity index (χ4v) is 6.53. The van der Waals surface area contributed by atoms with E-state index in [1.54, 1.807) is 47.4 Å². The second-order valence-electron chi connectivity index (χ2n) is 10.1. The van der Waals surface area contributed by atoms with Crippen LogP contribution in [-0.4, -0.2) is 49.4 Å². The van der Waals surface area contributed by atoms with Crippen LogP contribution < -0.4 is 10.0 Å². The maximum Gasteiger partial charge on any atom is 0.264 e. The van der Waals surface area contributed by atoms with Crippen LogP contribution in [0.2, 0.25) is 10.0 Å². The van der Waals surface area contributed by atoms with Gasteiger partial charge in [-0.25, -0.2) is 13.1 Å². The van der Waals surface area contributed by atoms with Crippen molar-refractivity contribution in [2.75, 3.05) is 13.1 Å². The van der Waals surface area contributed by atoms with Gasteiger partial charge in [0.05, 0.1) is 4.90 Å². The SMILES string of the molecule is CCCC(=O)N(CCC(=O)NC[C@@H](S)Cc1cccc(Cl)c1)Cc1ccc(-c2ccccc2S(=O)(=O)NC(C)=O)c(Cl)c1. The first kappa shape index (κ1) is 34.4. The second kappa shape index (κ2) is 16.1. The third kappa shape index (κ3) is 10.6. The molecule has 3 amide bonds. The lowest BCUT2D eigenvalue weighted by Crippen LogP contribution is -2.36. The van der Waals surface area contributed by atoms with Crippen LogP contribution in [0.4, 0.5) is 0 Å². The zero-order valence-electron chi connectivity index (χ0n) is 24.0. The zero-order chi connectivity index (χ0) is 31.6. The summed E-state index contributed by atoms with van der Waals surface area (Å²) in [5.41, 5.74) is 2.54. The molecule has 8 nitrogen and oxygen atoms in total. The van der Waals surface area contributed by atoms with E-state index in [9.17, 15) is 22.8 Å². The van der Waals surface area contributed by atoms with E-state index in [1.807, 2.05) is 29.8 Å². The highest BCUT2D eigenvalue weighted by molar-refractivity contribution is 7.90. The molecule has 0 spiro atoms. The molecule has 43 heavy (non-hydrogen) atoms. The van der Waals surface area contributed by atoms with Crippen molar-refractivity contribution in [1.82, 2.24) is 14.9 Å². The van der Waals surface area contributed by atoms with Crippen molar-refractivity contribution in [2.24, 2.45) is 0 Å². The van der Waals surface area contributed by atoms with E-state index >= 15 is 0 Å². The van der Waals surface area contributed by atoms with Gasteiger partial charge < -0.3 is 10.2 Å². The van der Waals surface area contributed by atoms with Crippen LogP contribution in [0.15, 0.2) is 71.6 Å². The Hall–Kier alpha value is -3.05. The molecule has 0 aliphatic rings.